The SMILES string of the molecule is CN(C)c1cccc(C(=O)NC2(C(=O)O)CCOC2)c1. The highest BCUT2D eigenvalue weighted by Crippen LogP contribution is 2.20. The average Bonchev–Trinajstić information content (AvgIpc) is 2.88. The van der Waals surface area contributed by atoms with Crippen molar-refractivity contribution in [1.29, 1.82) is 0 Å². The fraction of sp³-hybridized carbons (Fsp3) is 0.429. The second-order valence-electron chi connectivity index (χ2n) is 5.09. The molecule has 20 heavy (non-hydrogen) atoms. The number of aliphatic carboxylic acids is 1. The molecule has 6 nitrogen and oxygen atoms in total. The minimum atomic E-state index is -1.31. The first-order valence-corrected chi connectivity index (χ1v) is 6.36. The Hall–Kier alpha value is -2.08. The number of amides is 1. The van der Waals surface area contributed by atoms with Crippen LogP contribution in [-0.4, -0.2) is 49.8 Å². The number of ether oxygens (including phenoxy) is 1. The number of nitrogens with zero attached hydrogens (tertiary/aromatic N) is 1. The van der Waals surface area contributed by atoms with E-state index in [1.165, 1.54) is 0 Å². The summed E-state index contributed by atoms with van der Waals surface area (Å²) in [5.41, 5.74) is -0.000928. The van der Waals surface area contributed by atoms with Gasteiger partial charge in [-0.05, 0) is 18.2 Å². The van der Waals surface area contributed by atoms with Crippen LogP contribution in [0, 0.1) is 0 Å². The molecule has 1 aromatic carbocycles. The number of hydrogen-bond donors (Lipinski definition) is 2. The molecule has 1 atom stereocenters. The highest BCUT2D eigenvalue weighted by Gasteiger charge is 2.44. The summed E-state index contributed by atoms with van der Waals surface area (Å²) in [7, 11) is 3.75. The van der Waals surface area contributed by atoms with Crippen molar-refractivity contribution in [2.45, 2.75) is 12.0 Å². The molecular formula is C14H18N2O4. The molecule has 0 aliphatic carbocycles. The number of benzene rings is 1. The Bertz CT molecular complexity index is 522. The zero-order chi connectivity index (χ0) is 14.8. The Morgan fingerprint density at radius 2 is 2.15 bits per heavy atom. The van der Waals surface area contributed by atoms with Crippen LogP contribution < -0.4 is 10.2 Å². The van der Waals surface area contributed by atoms with E-state index in [0.717, 1.165) is 5.69 Å². The molecule has 1 aromatic rings. The molecule has 1 saturated heterocycles. The molecular weight excluding hydrogens is 260 g/mol. The van der Waals surface area contributed by atoms with Gasteiger partial charge in [0.1, 0.15) is 0 Å². The van der Waals surface area contributed by atoms with Crippen molar-refractivity contribution in [3.05, 3.63) is 29.8 Å². The van der Waals surface area contributed by atoms with Crippen molar-refractivity contribution in [1.82, 2.24) is 5.32 Å². The van der Waals surface area contributed by atoms with Gasteiger partial charge in [0.25, 0.3) is 5.91 Å². The van der Waals surface area contributed by atoms with E-state index in [9.17, 15) is 14.7 Å². The van der Waals surface area contributed by atoms with E-state index in [2.05, 4.69) is 5.32 Å². The van der Waals surface area contributed by atoms with Crippen LogP contribution in [0.15, 0.2) is 24.3 Å². The summed E-state index contributed by atoms with van der Waals surface area (Å²) < 4.78 is 5.12. The van der Waals surface area contributed by atoms with Gasteiger partial charge >= 0.3 is 5.97 Å². The van der Waals surface area contributed by atoms with Gasteiger partial charge in [-0.15, -0.1) is 0 Å². The lowest BCUT2D eigenvalue weighted by Crippen LogP contribution is -2.55. The monoisotopic (exact) mass is 278 g/mol. The molecule has 1 amide bonds. The summed E-state index contributed by atoms with van der Waals surface area (Å²) >= 11 is 0. The van der Waals surface area contributed by atoms with Gasteiger partial charge in [-0.3, -0.25) is 4.79 Å². The van der Waals surface area contributed by atoms with E-state index in [-0.39, 0.29) is 13.0 Å². The molecule has 108 valence electrons. The van der Waals surface area contributed by atoms with Crippen molar-refractivity contribution in [2.24, 2.45) is 0 Å². The first-order valence-electron chi connectivity index (χ1n) is 6.36. The van der Waals surface area contributed by atoms with Crippen molar-refractivity contribution >= 4 is 17.6 Å². The predicted octanol–water partition coefficient (Wildman–Crippen LogP) is 0.726. The summed E-state index contributed by atoms with van der Waals surface area (Å²) in [5, 5.41) is 11.9. The zero-order valence-corrected chi connectivity index (χ0v) is 11.5. The van der Waals surface area contributed by atoms with Crippen LogP contribution in [0.2, 0.25) is 0 Å². The first kappa shape index (κ1) is 14.3. The zero-order valence-electron chi connectivity index (χ0n) is 11.5. The second kappa shape index (κ2) is 5.50. The van der Waals surface area contributed by atoms with Gasteiger partial charge in [0, 0.05) is 38.4 Å². The van der Waals surface area contributed by atoms with Crippen molar-refractivity contribution in [3.63, 3.8) is 0 Å². The number of carbonyl (C=O) groups excluding carboxylic acids is 1. The number of carboxylic acid groups (broad SMARTS) is 1. The van der Waals surface area contributed by atoms with Gasteiger partial charge in [0.15, 0.2) is 5.54 Å². The topological polar surface area (TPSA) is 78.9 Å². The largest absolute Gasteiger partial charge is 0.479 e. The number of carbonyl (C=O) groups is 2. The number of hydrogen-bond acceptors (Lipinski definition) is 4. The summed E-state index contributed by atoms with van der Waals surface area (Å²) in [6, 6.07) is 7.03. The van der Waals surface area contributed by atoms with Crippen molar-refractivity contribution in [3.8, 4) is 0 Å². The van der Waals surface area contributed by atoms with Crippen molar-refractivity contribution < 1.29 is 19.4 Å². The third-order valence-electron chi connectivity index (χ3n) is 3.41. The molecule has 0 aromatic heterocycles. The highest BCUT2D eigenvalue weighted by atomic mass is 16.5. The van der Waals surface area contributed by atoms with Crippen LogP contribution in [-0.2, 0) is 9.53 Å². The van der Waals surface area contributed by atoms with Crippen LogP contribution in [0.3, 0.4) is 0 Å². The molecule has 6 heteroatoms. The minimum Gasteiger partial charge on any atom is -0.479 e. The Kier molecular flexibility index (Phi) is 3.94. The normalized spacial score (nSPS) is 21.5. The lowest BCUT2D eigenvalue weighted by atomic mass is 9.98. The van der Waals surface area contributed by atoms with Gasteiger partial charge in [-0.2, -0.15) is 0 Å². The number of anilines is 1. The quantitative estimate of drug-likeness (QED) is 0.848. The molecule has 0 saturated carbocycles. The molecule has 2 N–H and O–H groups in total. The van der Waals surface area contributed by atoms with Crippen LogP contribution >= 0.6 is 0 Å². The van der Waals surface area contributed by atoms with Crippen LogP contribution in [0.25, 0.3) is 0 Å². The molecule has 0 spiro atoms. The molecule has 0 radical (unpaired) electrons. The van der Waals surface area contributed by atoms with Gasteiger partial charge in [0.2, 0.25) is 0 Å². The smallest absolute Gasteiger partial charge is 0.331 e. The molecule has 1 heterocycles. The third kappa shape index (κ3) is 2.75. The van der Waals surface area contributed by atoms with Gasteiger partial charge in [0.05, 0.1) is 6.61 Å². The molecule has 1 aliphatic heterocycles. The Morgan fingerprint density at radius 1 is 1.40 bits per heavy atom. The van der Waals surface area contributed by atoms with Crippen LogP contribution in [0.1, 0.15) is 16.8 Å². The summed E-state index contributed by atoms with van der Waals surface area (Å²) in [5.74, 6) is -1.46. The maximum Gasteiger partial charge on any atom is 0.331 e. The van der Waals surface area contributed by atoms with Crippen LogP contribution in [0.5, 0.6) is 0 Å². The second-order valence-corrected chi connectivity index (χ2v) is 5.09. The Morgan fingerprint density at radius 3 is 2.70 bits per heavy atom. The third-order valence-corrected chi connectivity index (χ3v) is 3.41. The van der Waals surface area contributed by atoms with E-state index in [1.54, 1.807) is 18.2 Å². The fourth-order valence-corrected chi connectivity index (χ4v) is 2.10. The maximum atomic E-state index is 12.2. The molecule has 1 aliphatic rings. The van der Waals surface area contributed by atoms with E-state index in [0.29, 0.717) is 12.2 Å². The lowest BCUT2D eigenvalue weighted by Gasteiger charge is -2.24. The lowest BCUT2D eigenvalue weighted by molar-refractivity contribution is -0.144. The summed E-state index contributed by atoms with van der Waals surface area (Å²) in [6.07, 6.45) is 0.279. The first-order chi connectivity index (χ1) is 9.44. The average molecular weight is 278 g/mol. The van der Waals surface area contributed by atoms with Gasteiger partial charge in [-0.1, -0.05) is 6.07 Å². The highest BCUT2D eigenvalue weighted by molar-refractivity contribution is 5.98. The summed E-state index contributed by atoms with van der Waals surface area (Å²) in [6.45, 7) is 0.339. The van der Waals surface area contributed by atoms with E-state index in [1.807, 2.05) is 25.1 Å². The molecule has 1 fully saturated rings. The Balaban J connectivity index is 2.19. The Labute approximate surface area is 117 Å². The number of carboxylic acids is 1. The molecule has 2 rings (SSSR count). The van der Waals surface area contributed by atoms with Crippen LogP contribution in [0.4, 0.5) is 5.69 Å². The number of rotatable bonds is 4. The fourth-order valence-electron chi connectivity index (χ4n) is 2.10. The van der Waals surface area contributed by atoms with E-state index >= 15 is 0 Å². The molecule has 0 bridgehead atoms. The number of nitrogens with one attached hydrogen (secondary N) is 1. The van der Waals surface area contributed by atoms with Crippen molar-refractivity contribution in [2.75, 3.05) is 32.2 Å². The minimum absolute atomic E-state index is 0.00143. The van der Waals surface area contributed by atoms with Gasteiger partial charge < -0.3 is 20.1 Å². The maximum absolute atomic E-state index is 12.2. The predicted molar refractivity (Wildman–Crippen MR) is 74.0 cm³/mol. The van der Waals surface area contributed by atoms with E-state index in [4.69, 9.17) is 4.74 Å². The van der Waals surface area contributed by atoms with E-state index < -0.39 is 17.4 Å². The molecule has 1 unspecified atom stereocenters. The summed E-state index contributed by atoms with van der Waals surface area (Å²) in [4.78, 5) is 25.5. The standard InChI is InChI=1S/C14H18N2O4/c1-16(2)11-5-3-4-10(8-11)12(17)15-14(13(18)19)6-7-20-9-14/h3-5,8H,6-7,9H2,1-2H3,(H,15,17)(H,18,19). The van der Waals surface area contributed by atoms with Gasteiger partial charge in [-0.25, -0.2) is 4.79 Å².